The molecule has 3 N–H and O–H groups in total. The van der Waals surface area contributed by atoms with Crippen molar-refractivity contribution in [1.29, 1.82) is 0 Å². The monoisotopic (exact) mass is 437 g/mol. The van der Waals surface area contributed by atoms with Crippen LogP contribution in [-0.2, 0) is 26.4 Å². The Bertz CT molecular complexity index is 1050. The molecule has 32 heavy (non-hydrogen) atoms. The third kappa shape index (κ3) is 4.45. The van der Waals surface area contributed by atoms with E-state index in [9.17, 15) is 19.5 Å². The molecule has 1 saturated heterocycles. The van der Waals surface area contributed by atoms with Gasteiger partial charge in [0.1, 0.15) is 11.4 Å². The molecular weight excluding hydrogens is 410 g/mol. The number of methoxy groups -OCH3 is 1. The van der Waals surface area contributed by atoms with Crippen molar-refractivity contribution in [2.75, 3.05) is 30.4 Å². The molecule has 2 aromatic rings. The molecule has 0 unspecified atom stereocenters. The minimum absolute atomic E-state index is 0.0462. The van der Waals surface area contributed by atoms with Crippen LogP contribution < -0.4 is 20.3 Å². The highest BCUT2D eigenvalue weighted by atomic mass is 16.5. The fourth-order valence-corrected chi connectivity index (χ4v) is 4.41. The van der Waals surface area contributed by atoms with E-state index >= 15 is 0 Å². The Morgan fingerprint density at radius 3 is 2.72 bits per heavy atom. The molecule has 1 heterocycles. The first-order chi connectivity index (χ1) is 15.4. The summed E-state index contributed by atoms with van der Waals surface area (Å²) >= 11 is 0. The molecule has 0 bridgehead atoms. The average Bonchev–Trinajstić information content (AvgIpc) is 3.23. The zero-order valence-electron chi connectivity index (χ0n) is 18.0. The molecular formula is C24H27N3O5. The predicted molar refractivity (Wildman–Crippen MR) is 119 cm³/mol. The van der Waals surface area contributed by atoms with Crippen LogP contribution in [0.15, 0.2) is 42.5 Å². The number of benzene rings is 2. The van der Waals surface area contributed by atoms with Crippen molar-refractivity contribution in [1.82, 2.24) is 5.32 Å². The first-order valence-corrected chi connectivity index (χ1v) is 10.8. The van der Waals surface area contributed by atoms with Gasteiger partial charge in [0.15, 0.2) is 0 Å². The number of anilines is 2. The van der Waals surface area contributed by atoms with Gasteiger partial charge in [-0.3, -0.25) is 14.4 Å². The van der Waals surface area contributed by atoms with E-state index in [1.807, 2.05) is 12.1 Å². The van der Waals surface area contributed by atoms with E-state index in [2.05, 4.69) is 10.6 Å². The van der Waals surface area contributed by atoms with Gasteiger partial charge in [0.2, 0.25) is 5.91 Å². The van der Waals surface area contributed by atoms with Crippen molar-refractivity contribution in [3.63, 3.8) is 0 Å². The van der Waals surface area contributed by atoms with Gasteiger partial charge in [0.05, 0.1) is 13.7 Å². The number of hydrogen-bond acceptors (Lipinski definition) is 5. The summed E-state index contributed by atoms with van der Waals surface area (Å²) in [6, 6.07) is 12.3. The van der Waals surface area contributed by atoms with Crippen LogP contribution in [0.4, 0.5) is 11.4 Å². The van der Waals surface area contributed by atoms with Gasteiger partial charge in [0.25, 0.3) is 0 Å². The lowest BCUT2D eigenvalue weighted by molar-refractivity contribution is -0.137. The molecule has 4 rings (SSSR count). The normalized spacial score (nSPS) is 19.9. The third-order valence-electron chi connectivity index (χ3n) is 6.09. The lowest BCUT2D eigenvalue weighted by Gasteiger charge is -2.34. The number of carbonyl (C=O) groups is 3. The first-order valence-electron chi connectivity index (χ1n) is 10.8. The zero-order valence-corrected chi connectivity index (χ0v) is 18.0. The number of hydrogen-bond donors (Lipinski definition) is 3. The SMILES string of the molecule is COc1ccc2c(c1)CCC[C@]2(O)CNC(=O)C(=O)Nc1cccc(N2CCCC2=O)c1. The van der Waals surface area contributed by atoms with Crippen molar-refractivity contribution in [3.05, 3.63) is 53.6 Å². The Labute approximate surface area is 186 Å². The van der Waals surface area contributed by atoms with Crippen molar-refractivity contribution >= 4 is 29.1 Å². The molecule has 0 aromatic heterocycles. The Balaban J connectivity index is 1.39. The Kier molecular flexibility index (Phi) is 6.14. The molecule has 1 atom stereocenters. The fraction of sp³-hybridized carbons (Fsp3) is 0.375. The Morgan fingerprint density at radius 2 is 1.97 bits per heavy atom. The lowest BCUT2D eigenvalue weighted by Crippen LogP contribution is -2.46. The van der Waals surface area contributed by atoms with Gasteiger partial charge in [-0.15, -0.1) is 0 Å². The second kappa shape index (κ2) is 9.00. The molecule has 3 amide bonds. The van der Waals surface area contributed by atoms with Gasteiger partial charge in [-0.1, -0.05) is 12.1 Å². The first kappa shape index (κ1) is 21.8. The van der Waals surface area contributed by atoms with Gasteiger partial charge in [-0.25, -0.2) is 0 Å². The molecule has 2 aliphatic rings. The quantitative estimate of drug-likeness (QED) is 0.621. The van der Waals surface area contributed by atoms with Gasteiger partial charge in [0, 0.05) is 24.3 Å². The van der Waals surface area contributed by atoms with Crippen LogP contribution in [0.1, 0.15) is 36.8 Å². The van der Waals surface area contributed by atoms with E-state index in [4.69, 9.17) is 4.74 Å². The maximum Gasteiger partial charge on any atom is 0.313 e. The second-order valence-electron chi connectivity index (χ2n) is 8.24. The number of ether oxygens (including phenoxy) is 1. The number of fused-ring (bicyclic) bond motifs is 1. The smallest absolute Gasteiger partial charge is 0.313 e. The molecule has 0 saturated carbocycles. The largest absolute Gasteiger partial charge is 0.497 e. The molecule has 8 nitrogen and oxygen atoms in total. The summed E-state index contributed by atoms with van der Waals surface area (Å²) in [5.74, 6) is -0.898. The summed E-state index contributed by atoms with van der Waals surface area (Å²) in [6.07, 6.45) is 3.38. The van der Waals surface area contributed by atoms with Crippen LogP contribution in [0.25, 0.3) is 0 Å². The summed E-state index contributed by atoms with van der Waals surface area (Å²) in [5.41, 5.74) is 1.59. The number of nitrogens with zero attached hydrogens (tertiary/aromatic N) is 1. The summed E-state index contributed by atoms with van der Waals surface area (Å²) in [4.78, 5) is 38.4. The summed E-state index contributed by atoms with van der Waals surface area (Å²) in [7, 11) is 1.59. The van der Waals surface area contributed by atoms with Crippen LogP contribution in [0, 0.1) is 0 Å². The second-order valence-corrected chi connectivity index (χ2v) is 8.24. The summed E-state index contributed by atoms with van der Waals surface area (Å²) < 4.78 is 5.26. The number of aliphatic hydroxyl groups is 1. The van der Waals surface area contributed by atoms with Gasteiger partial charge < -0.3 is 25.4 Å². The highest BCUT2D eigenvalue weighted by Gasteiger charge is 2.35. The van der Waals surface area contributed by atoms with Crippen molar-refractivity contribution in [2.45, 2.75) is 37.7 Å². The minimum atomic E-state index is -1.24. The van der Waals surface area contributed by atoms with Gasteiger partial charge in [-0.2, -0.15) is 0 Å². The zero-order chi connectivity index (χ0) is 22.7. The molecule has 1 aliphatic heterocycles. The van der Waals surface area contributed by atoms with Gasteiger partial charge >= 0.3 is 11.8 Å². The number of amides is 3. The topological polar surface area (TPSA) is 108 Å². The van der Waals surface area contributed by atoms with Gasteiger partial charge in [-0.05, 0) is 67.1 Å². The van der Waals surface area contributed by atoms with Crippen molar-refractivity contribution < 1.29 is 24.2 Å². The standard InChI is InChI=1S/C24H27N3O5/c1-32-19-9-10-20-16(13-19)5-3-11-24(20,31)15-25-22(29)23(30)26-17-6-2-7-18(14-17)27-12-4-8-21(27)28/h2,6-7,9-10,13-14,31H,3-5,8,11-12,15H2,1H3,(H,25,29)(H,26,30)/t24-/m0/s1. The molecule has 0 radical (unpaired) electrons. The van der Waals surface area contributed by atoms with E-state index in [1.165, 1.54) is 0 Å². The maximum absolute atomic E-state index is 12.4. The van der Waals surface area contributed by atoms with Crippen LogP contribution in [-0.4, -0.2) is 43.0 Å². The molecule has 8 heteroatoms. The number of nitrogens with one attached hydrogen (secondary N) is 2. The lowest BCUT2D eigenvalue weighted by atomic mass is 9.79. The van der Waals surface area contributed by atoms with Crippen LogP contribution in [0.3, 0.4) is 0 Å². The number of carbonyl (C=O) groups excluding carboxylic acids is 3. The predicted octanol–water partition coefficient (Wildman–Crippen LogP) is 2.10. The highest BCUT2D eigenvalue weighted by molar-refractivity contribution is 6.39. The van der Waals surface area contributed by atoms with Crippen LogP contribution in [0.2, 0.25) is 0 Å². The molecule has 0 spiro atoms. The van der Waals surface area contributed by atoms with E-state index in [-0.39, 0.29) is 12.5 Å². The molecule has 1 aliphatic carbocycles. The molecule has 168 valence electrons. The van der Waals surface area contributed by atoms with Crippen LogP contribution >= 0.6 is 0 Å². The minimum Gasteiger partial charge on any atom is -0.497 e. The fourth-order valence-electron chi connectivity index (χ4n) is 4.41. The molecule has 1 fully saturated rings. The van der Waals surface area contributed by atoms with Crippen molar-refractivity contribution in [2.24, 2.45) is 0 Å². The van der Waals surface area contributed by atoms with Crippen LogP contribution in [0.5, 0.6) is 5.75 Å². The number of aryl methyl sites for hydroxylation is 1. The highest BCUT2D eigenvalue weighted by Crippen LogP contribution is 2.36. The Hall–Kier alpha value is -3.39. The van der Waals surface area contributed by atoms with E-state index in [0.29, 0.717) is 36.5 Å². The van der Waals surface area contributed by atoms with E-state index in [1.54, 1.807) is 42.3 Å². The summed E-state index contributed by atoms with van der Waals surface area (Å²) in [6.45, 7) is 0.573. The third-order valence-corrected chi connectivity index (χ3v) is 6.09. The number of rotatable bonds is 5. The summed E-state index contributed by atoms with van der Waals surface area (Å²) in [5, 5.41) is 16.3. The van der Waals surface area contributed by atoms with E-state index in [0.717, 1.165) is 30.4 Å². The molecule has 2 aromatic carbocycles. The van der Waals surface area contributed by atoms with Crippen molar-refractivity contribution in [3.8, 4) is 5.75 Å². The Morgan fingerprint density at radius 1 is 1.12 bits per heavy atom. The van der Waals surface area contributed by atoms with E-state index < -0.39 is 17.4 Å². The maximum atomic E-state index is 12.4. The average molecular weight is 437 g/mol.